The van der Waals surface area contributed by atoms with Crippen LogP contribution in [-0.4, -0.2) is 38.2 Å². The van der Waals surface area contributed by atoms with E-state index in [2.05, 4.69) is 12.2 Å². The molecule has 1 aromatic rings. The van der Waals surface area contributed by atoms with Crippen LogP contribution in [0.1, 0.15) is 46.1 Å². The van der Waals surface area contributed by atoms with Crippen molar-refractivity contribution >= 4 is 18.0 Å². The molecule has 0 radical (unpaired) electrons. The van der Waals surface area contributed by atoms with Gasteiger partial charge in [0.1, 0.15) is 0 Å². The minimum atomic E-state index is -0.573. The van der Waals surface area contributed by atoms with Crippen LogP contribution in [0.5, 0.6) is 11.5 Å². The van der Waals surface area contributed by atoms with Gasteiger partial charge in [0.05, 0.1) is 13.2 Å². The number of hydrogen-bond donors (Lipinski definition) is 1. The molecule has 0 atom stereocenters. The molecule has 0 saturated heterocycles. The highest BCUT2D eigenvalue weighted by atomic mass is 16.5. The van der Waals surface area contributed by atoms with E-state index >= 15 is 0 Å². The largest absolute Gasteiger partial charge is 0.490 e. The zero-order chi connectivity index (χ0) is 20.1. The Morgan fingerprint density at radius 2 is 1.93 bits per heavy atom. The first-order valence-corrected chi connectivity index (χ1v) is 9.47. The van der Waals surface area contributed by atoms with E-state index in [4.69, 9.17) is 14.2 Å². The third kappa shape index (κ3) is 9.68. The second-order valence-electron chi connectivity index (χ2n) is 6.48. The highest BCUT2D eigenvalue weighted by Crippen LogP contribution is 2.29. The van der Waals surface area contributed by atoms with Crippen molar-refractivity contribution in [3.05, 3.63) is 29.8 Å². The summed E-state index contributed by atoms with van der Waals surface area (Å²) in [4.78, 5) is 23.3. The molecule has 0 spiro atoms. The summed E-state index contributed by atoms with van der Waals surface area (Å²) in [7, 11) is 0. The molecule has 150 valence electrons. The Morgan fingerprint density at radius 1 is 1.15 bits per heavy atom. The Morgan fingerprint density at radius 3 is 2.59 bits per heavy atom. The van der Waals surface area contributed by atoms with Gasteiger partial charge in [0, 0.05) is 12.6 Å². The van der Waals surface area contributed by atoms with E-state index in [1.807, 2.05) is 39.0 Å². The van der Waals surface area contributed by atoms with Crippen LogP contribution in [0.15, 0.2) is 24.3 Å². The highest BCUT2D eigenvalue weighted by molar-refractivity contribution is 5.89. The Bertz CT molecular complexity index is 625. The van der Waals surface area contributed by atoms with Crippen LogP contribution < -0.4 is 14.8 Å². The molecule has 0 bridgehead atoms. The van der Waals surface area contributed by atoms with E-state index in [1.165, 1.54) is 6.08 Å². The number of benzene rings is 1. The van der Waals surface area contributed by atoms with Crippen molar-refractivity contribution in [3.8, 4) is 11.5 Å². The highest BCUT2D eigenvalue weighted by Gasteiger charge is 2.07. The number of hydrogen-bond acceptors (Lipinski definition) is 5. The van der Waals surface area contributed by atoms with Crippen LogP contribution in [0.25, 0.3) is 6.08 Å². The van der Waals surface area contributed by atoms with Crippen LogP contribution in [0.4, 0.5) is 0 Å². The van der Waals surface area contributed by atoms with Gasteiger partial charge in [0.25, 0.3) is 5.91 Å². The molecule has 0 aliphatic rings. The number of carbonyl (C=O) groups is 2. The molecule has 0 aromatic heterocycles. The predicted octanol–water partition coefficient (Wildman–Crippen LogP) is 3.59. The Balaban J connectivity index is 2.59. The minimum Gasteiger partial charge on any atom is -0.490 e. The fourth-order valence-corrected chi connectivity index (χ4v) is 2.06. The SMILES string of the molecule is CCCCOc1ccc(/C=C/C(=O)OCC(=O)NCC(C)C)cc1OCC. The van der Waals surface area contributed by atoms with Crippen molar-refractivity contribution in [1.29, 1.82) is 0 Å². The lowest BCUT2D eigenvalue weighted by atomic mass is 10.2. The van der Waals surface area contributed by atoms with E-state index in [0.717, 1.165) is 18.4 Å². The van der Waals surface area contributed by atoms with Gasteiger partial charge in [-0.2, -0.15) is 0 Å². The van der Waals surface area contributed by atoms with E-state index in [0.29, 0.717) is 37.2 Å². The fourth-order valence-electron chi connectivity index (χ4n) is 2.06. The van der Waals surface area contributed by atoms with E-state index in [-0.39, 0.29) is 12.5 Å². The van der Waals surface area contributed by atoms with Gasteiger partial charge in [-0.25, -0.2) is 4.79 Å². The molecule has 1 aromatic carbocycles. The maximum absolute atomic E-state index is 11.8. The van der Waals surface area contributed by atoms with E-state index < -0.39 is 5.97 Å². The lowest BCUT2D eigenvalue weighted by molar-refractivity contribution is -0.143. The predicted molar refractivity (Wildman–Crippen MR) is 106 cm³/mol. The molecule has 1 rings (SSSR count). The summed E-state index contributed by atoms with van der Waals surface area (Å²) in [5.74, 6) is 0.788. The third-order valence-corrected chi connectivity index (χ3v) is 3.49. The van der Waals surface area contributed by atoms with E-state index in [9.17, 15) is 9.59 Å². The molecule has 1 amide bonds. The zero-order valence-corrected chi connectivity index (χ0v) is 16.7. The fraction of sp³-hybridized carbons (Fsp3) is 0.524. The molecule has 1 N–H and O–H groups in total. The Labute approximate surface area is 161 Å². The number of rotatable bonds is 12. The van der Waals surface area contributed by atoms with Crippen molar-refractivity contribution in [2.24, 2.45) is 5.92 Å². The van der Waals surface area contributed by atoms with Gasteiger partial charge in [0.15, 0.2) is 18.1 Å². The van der Waals surface area contributed by atoms with Crippen molar-refractivity contribution < 1.29 is 23.8 Å². The molecule has 6 nitrogen and oxygen atoms in total. The van der Waals surface area contributed by atoms with Crippen molar-refractivity contribution in [2.45, 2.75) is 40.5 Å². The molecule has 0 aliphatic carbocycles. The van der Waals surface area contributed by atoms with Gasteiger partial charge in [-0.1, -0.05) is 33.3 Å². The van der Waals surface area contributed by atoms with Crippen LogP contribution in [0.2, 0.25) is 0 Å². The Kier molecular flexibility index (Phi) is 10.7. The zero-order valence-electron chi connectivity index (χ0n) is 16.7. The summed E-state index contributed by atoms with van der Waals surface area (Å²) in [6.45, 7) is 9.41. The van der Waals surface area contributed by atoms with Gasteiger partial charge in [0.2, 0.25) is 0 Å². The van der Waals surface area contributed by atoms with Gasteiger partial charge in [-0.05, 0) is 43.0 Å². The molecule has 0 unspecified atom stereocenters. The smallest absolute Gasteiger partial charge is 0.331 e. The quantitative estimate of drug-likeness (QED) is 0.342. The summed E-state index contributed by atoms with van der Waals surface area (Å²) in [5.41, 5.74) is 0.780. The maximum Gasteiger partial charge on any atom is 0.331 e. The van der Waals surface area contributed by atoms with Crippen LogP contribution in [0, 0.1) is 5.92 Å². The first-order chi connectivity index (χ1) is 13.0. The summed E-state index contributed by atoms with van der Waals surface area (Å²) in [6, 6.07) is 5.47. The first-order valence-electron chi connectivity index (χ1n) is 9.47. The van der Waals surface area contributed by atoms with Crippen molar-refractivity contribution in [1.82, 2.24) is 5.32 Å². The second kappa shape index (κ2) is 12.8. The van der Waals surface area contributed by atoms with Gasteiger partial charge >= 0.3 is 5.97 Å². The lowest BCUT2D eigenvalue weighted by Crippen LogP contribution is -2.31. The maximum atomic E-state index is 11.8. The summed E-state index contributed by atoms with van der Waals surface area (Å²) in [6.07, 6.45) is 4.94. The Hall–Kier alpha value is -2.50. The number of ether oxygens (including phenoxy) is 3. The molecule has 0 saturated carbocycles. The second-order valence-corrected chi connectivity index (χ2v) is 6.48. The molecule has 0 aliphatic heterocycles. The number of nitrogens with one attached hydrogen (secondary N) is 1. The van der Waals surface area contributed by atoms with Crippen LogP contribution in [0.3, 0.4) is 0 Å². The summed E-state index contributed by atoms with van der Waals surface area (Å²) < 4.78 is 16.3. The van der Waals surface area contributed by atoms with Crippen LogP contribution in [-0.2, 0) is 14.3 Å². The van der Waals surface area contributed by atoms with Crippen molar-refractivity contribution in [3.63, 3.8) is 0 Å². The van der Waals surface area contributed by atoms with E-state index in [1.54, 1.807) is 6.08 Å². The number of amides is 1. The number of esters is 1. The minimum absolute atomic E-state index is 0.287. The topological polar surface area (TPSA) is 73.9 Å². The standard InChI is InChI=1S/C21H31NO5/c1-5-7-12-26-18-10-8-17(13-19(18)25-6-2)9-11-21(24)27-15-20(23)22-14-16(3)4/h8-11,13,16H,5-7,12,14-15H2,1-4H3,(H,22,23)/b11-9+. The first kappa shape index (κ1) is 22.5. The summed E-state index contributed by atoms with van der Waals surface area (Å²) >= 11 is 0. The van der Waals surface area contributed by atoms with Gasteiger partial charge in [-0.3, -0.25) is 4.79 Å². The molecular formula is C21H31NO5. The van der Waals surface area contributed by atoms with Gasteiger partial charge < -0.3 is 19.5 Å². The summed E-state index contributed by atoms with van der Waals surface area (Å²) in [5, 5.41) is 2.69. The normalized spacial score (nSPS) is 10.9. The molecule has 0 fully saturated rings. The number of unbranched alkanes of at least 4 members (excludes halogenated alkanes) is 1. The van der Waals surface area contributed by atoms with Gasteiger partial charge in [-0.15, -0.1) is 0 Å². The average Bonchev–Trinajstić information content (AvgIpc) is 2.64. The lowest BCUT2D eigenvalue weighted by Gasteiger charge is -2.12. The number of carbonyl (C=O) groups excluding carboxylic acids is 2. The molecule has 0 heterocycles. The monoisotopic (exact) mass is 377 g/mol. The van der Waals surface area contributed by atoms with Crippen molar-refractivity contribution in [2.75, 3.05) is 26.4 Å². The molecular weight excluding hydrogens is 346 g/mol. The van der Waals surface area contributed by atoms with Crippen LogP contribution >= 0.6 is 0 Å². The molecule has 6 heteroatoms. The molecule has 27 heavy (non-hydrogen) atoms. The third-order valence-electron chi connectivity index (χ3n) is 3.49. The average molecular weight is 377 g/mol.